The molecule has 3 heterocycles. The number of aliphatic imine (C=N–C) groups is 1. The maximum absolute atomic E-state index is 10.9. The Labute approximate surface area is 330 Å². The number of carbonyl (C=O) groups is 1. The Balaban J connectivity index is -0.000000416. The molecule has 13 nitrogen and oxygen atoms in total. The molecule has 0 aliphatic carbocycles. The quantitative estimate of drug-likeness (QED) is 0.256. The van der Waals surface area contributed by atoms with Crippen LogP contribution in [0.4, 0.5) is 0 Å². The molecular formula is C17H16K3N3O10S2. The molecule has 1 amide bonds. The van der Waals surface area contributed by atoms with Crippen molar-refractivity contribution in [3.63, 3.8) is 0 Å². The molecule has 1 aromatic rings. The van der Waals surface area contributed by atoms with Gasteiger partial charge in [-0.05, 0) is 43.5 Å². The first-order valence-electron chi connectivity index (χ1n) is 7.97. The summed E-state index contributed by atoms with van der Waals surface area (Å²) in [6.45, 7) is 2.73. The summed E-state index contributed by atoms with van der Waals surface area (Å²) in [5, 5.41) is 31.7. The van der Waals surface area contributed by atoms with E-state index >= 15 is 0 Å². The molecule has 0 fully saturated rings. The standard InChI is InChI=1S/C8H5NO2.2C4H5NO4S.CH4.3K/c10-7-5-3-1-2-4-6(5)8(11)9-7;2*1-3-2-4(6)5-10(7,8)9-3;;;;/h1-4H,(H,9,10,11);2*2H,1H3,(H,5,6);1H4;;;/q;;;;3*+1/p-3. The molecule has 0 atom stereocenters. The molecule has 0 N–H and O–H groups in total. The first-order valence-corrected chi connectivity index (χ1v) is 10.7. The van der Waals surface area contributed by atoms with Gasteiger partial charge in [0, 0.05) is 17.4 Å². The van der Waals surface area contributed by atoms with Gasteiger partial charge in [0.15, 0.2) is 0 Å². The van der Waals surface area contributed by atoms with Crippen molar-refractivity contribution in [2.24, 2.45) is 13.8 Å². The first-order chi connectivity index (χ1) is 14.3. The van der Waals surface area contributed by atoms with Crippen LogP contribution < -0.4 is 169 Å². The van der Waals surface area contributed by atoms with Crippen LogP contribution in [0.25, 0.3) is 0 Å². The Hall–Kier alpha value is 1.19. The van der Waals surface area contributed by atoms with Crippen molar-refractivity contribution in [1.82, 2.24) is 0 Å². The first kappa shape index (κ1) is 40.7. The van der Waals surface area contributed by atoms with Gasteiger partial charge in [0.05, 0.1) is 0 Å². The minimum Gasteiger partial charge on any atom is -0.858 e. The van der Waals surface area contributed by atoms with Crippen molar-refractivity contribution in [1.29, 1.82) is 0 Å². The molecule has 0 unspecified atom stereocenters. The molecular weight excluding hydrogens is 588 g/mol. The zero-order valence-corrected chi connectivity index (χ0v) is 29.7. The summed E-state index contributed by atoms with van der Waals surface area (Å²) in [6, 6.07) is 6.63. The summed E-state index contributed by atoms with van der Waals surface area (Å²) in [7, 11) is -7.95. The molecule has 174 valence electrons. The van der Waals surface area contributed by atoms with Crippen LogP contribution in [0.5, 0.6) is 0 Å². The van der Waals surface area contributed by atoms with Gasteiger partial charge in [-0.15, -0.1) is 8.80 Å². The van der Waals surface area contributed by atoms with Crippen molar-refractivity contribution in [3.05, 3.63) is 59.1 Å². The maximum atomic E-state index is 10.9. The van der Waals surface area contributed by atoms with E-state index in [4.69, 9.17) is 0 Å². The van der Waals surface area contributed by atoms with E-state index in [2.05, 4.69) is 22.2 Å². The average Bonchev–Trinajstić information content (AvgIpc) is 2.86. The van der Waals surface area contributed by atoms with Crippen LogP contribution in [0.2, 0.25) is 0 Å². The van der Waals surface area contributed by atoms with Crippen molar-refractivity contribution >= 4 is 44.2 Å². The Morgan fingerprint density at radius 2 is 1.11 bits per heavy atom. The third-order valence-corrected chi connectivity index (χ3v) is 4.88. The second-order valence-corrected chi connectivity index (χ2v) is 8.07. The van der Waals surface area contributed by atoms with Gasteiger partial charge in [-0.3, -0.25) is 4.79 Å². The van der Waals surface area contributed by atoms with Crippen LogP contribution in [-0.2, 0) is 29.0 Å². The monoisotopic (exact) mass is 603 g/mol. The number of hydrogen-bond acceptors (Lipinski definition) is 10. The number of fused-ring (bicyclic) bond motifs is 1. The molecule has 0 radical (unpaired) electrons. The van der Waals surface area contributed by atoms with E-state index in [1.165, 1.54) is 13.8 Å². The zero-order valence-electron chi connectivity index (χ0n) is 18.7. The topological polar surface area (TPSA) is 210 Å². The van der Waals surface area contributed by atoms with Crippen LogP contribution in [-0.4, -0.2) is 40.4 Å². The van der Waals surface area contributed by atoms with Crippen LogP contribution >= 0.6 is 0 Å². The molecule has 4 rings (SSSR count). The van der Waals surface area contributed by atoms with E-state index in [0.29, 0.717) is 11.1 Å². The minimum atomic E-state index is -3.97. The fourth-order valence-electron chi connectivity index (χ4n) is 2.11. The second-order valence-electron chi connectivity index (χ2n) is 5.66. The van der Waals surface area contributed by atoms with Gasteiger partial charge in [-0.2, -0.15) is 16.8 Å². The van der Waals surface area contributed by atoms with E-state index in [-0.39, 0.29) is 173 Å². The zero-order chi connectivity index (χ0) is 23.4. The molecule has 0 saturated carbocycles. The van der Waals surface area contributed by atoms with Gasteiger partial charge < -0.3 is 23.7 Å². The van der Waals surface area contributed by atoms with Gasteiger partial charge in [0.2, 0.25) is 0 Å². The van der Waals surface area contributed by atoms with Gasteiger partial charge in [-0.1, -0.05) is 25.6 Å². The molecule has 0 aromatic heterocycles. The van der Waals surface area contributed by atoms with E-state index in [9.17, 15) is 36.9 Å². The van der Waals surface area contributed by atoms with E-state index < -0.39 is 44.2 Å². The summed E-state index contributed by atoms with van der Waals surface area (Å²) in [4.78, 5) is 14.2. The second kappa shape index (κ2) is 17.7. The van der Waals surface area contributed by atoms with Gasteiger partial charge in [0.1, 0.15) is 11.5 Å². The van der Waals surface area contributed by atoms with Crippen molar-refractivity contribution < 1.29 is 199 Å². The molecule has 0 bridgehead atoms. The molecule has 1 aromatic carbocycles. The molecule has 3 aliphatic heterocycles. The Kier molecular flexibility index (Phi) is 20.6. The van der Waals surface area contributed by atoms with Crippen LogP contribution in [0.15, 0.2) is 61.7 Å². The summed E-state index contributed by atoms with van der Waals surface area (Å²) in [6.07, 6.45) is 2.00. The molecule has 0 spiro atoms. The van der Waals surface area contributed by atoms with Gasteiger partial charge in [0.25, 0.3) is 5.91 Å². The van der Waals surface area contributed by atoms with E-state index in [1.807, 2.05) is 0 Å². The van der Waals surface area contributed by atoms with Crippen LogP contribution in [0, 0.1) is 0 Å². The Bertz CT molecular complexity index is 1220. The third kappa shape index (κ3) is 14.2. The number of nitrogens with zero attached hydrogens (tertiary/aromatic N) is 3. The predicted molar refractivity (Wildman–Crippen MR) is 106 cm³/mol. The smallest absolute Gasteiger partial charge is 0.858 e. The number of allylic oxidation sites excluding steroid dienone is 2. The van der Waals surface area contributed by atoms with Crippen molar-refractivity contribution in [2.45, 2.75) is 21.3 Å². The third-order valence-electron chi connectivity index (χ3n) is 3.12. The fraction of sp³-hybridized carbons (Fsp3) is 0.176. The maximum Gasteiger partial charge on any atom is 1.00 e. The van der Waals surface area contributed by atoms with Crippen molar-refractivity contribution in [3.8, 4) is 0 Å². The minimum absolute atomic E-state index is 0. The van der Waals surface area contributed by atoms with Crippen LogP contribution in [0.1, 0.15) is 37.2 Å². The summed E-state index contributed by atoms with van der Waals surface area (Å²) >= 11 is 0. The number of hydrogen-bond donors (Lipinski definition) is 0. The van der Waals surface area contributed by atoms with Crippen LogP contribution in [0.3, 0.4) is 0 Å². The number of rotatable bonds is 0. The molecule has 35 heavy (non-hydrogen) atoms. The van der Waals surface area contributed by atoms with Gasteiger partial charge in [-0.25, -0.2) is 4.99 Å². The number of benzene rings is 1. The molecule has 3 aliphatic rings. The summed E-state index contributed by atoms with van der Waals surface area (Å²) < 4.78 is 55.5. The van der Waals surface area contributed by atoms with Crippen molar-refractivity contribution in [2.75, 3.05) is 0 Å². The summed E-state index contributed by atoms with van der Waals surface area (Å²) in [5.74, 6) is -2.37. The largest absolute Gasteiger partial charge is 1.00 e. The Morgan fingerprint density at radius 1 is 0.743 bits per heavy atom. The molecule has 18 heteroatoms. The SMILES string of the molecule is C.CC1=CC([O-])=NS(=O)(=O)O1.CC1=CC([O-])=NS(=O)(=O)O1.O=C1N=C([O-])c2ccccc21.[K+].[K+].[K+]. The average molecular weight is 604 g/mol. The molecule has 0 saturated heterocycles. The van der Waals surface area contributed by atoms with Gasteiger partial charge >= 0.3 is 175 Å². The van der Waals surface area contributed by atoms with E-state index in [0.717, 1.165) is 12.2 Å². The summed E-state index contributed by atoms with van der Waals surface area (Å²) in [5.41, 5.74) is 0.829. The predicted octanol–water partition coefficient (Wildman–Crippen LogP) is -10.6. The number of carbonyl (C=O) groups excluding carboxylic acids is 1. The van der Waals surface area contributed by atoms with E-state index in [1.54, 1.807) is 24.3 Å². The normalized spacial score (nSPS) is 17.4. The fourth-order valence-corrected chi connectivity index (χ4v) is 3.49. The Morgan fingerprint density at radius 3 is 1.43 bits per heavy atom. The number of amides is 1.